The SMILES string of the molecule is CC[NH+]1CCN(c2nc(C)c(Cc3ccccc3Cl)c(=O)[nH]2)CC1. The standard InChI is InChI=1S/C18H23ClN4O/c1-3-22-8-10-23(11-9-22)18-20-13(2)15(17(24)21-18)12-14-6-4-5-7-16(14)19/h4-7H,3,8-12H2,1-2H3,(H,20,21,24)/p+1. The van der Waals surface area contributed by atoms with E-state index in [2.05, 4.69) is 21.8 Å². The van der Waals surface area contributed by atoms with Gasteiger partial charge in [0.2, 0.25) is 5.95 Å². The summed E-state index contributed by atoms with van der Waals surface area (Å²) in [4.78, 5) is 24.0. The minimum Gasteiger partial charge on any atom is -0.332 e. The highest BCUT2D eigenvalue weighted by atomic mass is 35.5. The number of anilines is 1. The van der Waals surface area contributed by atoms with Crippen LogP contribution in [-0.4, -0.2) is 42.7 Å². The number of quaternary nitrogens is 1. The van der Waals surface area contributed by atoms with Crippen molar-refractivity contribution in [3.05, 3.63) is 56.5 Å². The molecule has 2 N–H and O–H groups in total. The van der Waals surface area contributed by atoms with Crippen LogP contribution < -0.4 is 15.4 Å². The molecule has 0 unspecified atom stereocenters. The maximum Gasteiger partial charge on any atom is 0.256 e. The van der Waals surface area contributed by atoms with Crippen LogP contribution in [0.5, 0.6) is 0 Å². The lowest BCUT2D eigenvalue weighted by atomic mass is 10.1. The summed E-state index contributed by atoms with van der Waals surface area (Å²) in [6.45, 7) is 9.27. The molecule has 1 aliphatic heterocycles. The molecule has 1 aliphatic rings. The van der Waals surface area contributed by atoms with Gasteiger partial charge in [0.25, 0.3) is 5.56 Å². The first-order valence-electron chi connectivity index (χ1n) is 8.50. The van der Waals surface area contributed by atoms with Crippen LogP contribution in [0.2, 0.25) is 5.02 Å². The van der Waals surface area contributed by atoms with Crippen LogP contribution in [0.4, 0.5) is 5.95 Å². The largest absolute Gasteiger partial charge is 0.332 e. The van der Waals surface area contributed by atoms with Crippen molar-refractivity contribution in [1.82, 2.24) is 9.97 Å². The predicted molar refractivity (Wildman–Crippen MR) is 97.3 cm³/mol. The summed E-state index contributed by atoms with van der Waals surface area (Å²) in [6, 6.07) is 7.61. The van der Waals surface area contributed by atoms with Crippen molar-refractivity contribution in [2.24, 2.45) is 0 Å². The molecule has 2 heterocycles. The lowest BCUT2D eigenvalue weighted by Crippen LogP contribution is -3.14. The number of rotatable bonds is 4. The molecule has 0 spiro atoms. The van der Waals surface area contributed by atoms with Gasteiger partial charge < -0.3 is 9.80 Å². The highest BCUT2D eigenvalue weighted by Gasteiger charge is 2.21. The molecular weight excluding hydrogens is 324 g/mol. The minimum atomic E-state index is -0.0670. The van der Waals surface area contributed by atoms with Gasteiger partial charge in [0.15, 0.2) is 0 Å². The predicted octanol–water partition coefficient (Wildman–Crippen LogP) is 1.05. The topological polar surface area (TPSA) is 53.4 Å². The number of hydrogen-bond donors (Lipinski definition) is 2. The molecule has 0 saturated carbocycles. The number of nitrogens with one attached hydrogen (secondary N) is 2. The zero-order valence-electron chi connectivity index (χ0n) is 14.2. The Morgan fingerprint density at radius 1 is 1.29 bits per heavy atom. The summed E-state index contributed by atoms with van der Waals surface area (Å²) in [6.07, 6.45) is 0.502. The van der Waals surface area contributed by atoms with Crippen molar-refractivity contribution in [2.75, 3.05) is 37.6 Å². The number of likely N-dealkylation sites (N-methyl/N-ethyl adjacent to an activating group) is 1. The molecule has 0 aliphatic carbocycles. The van der Waals surface area contributed by atoms with Crippen LogP contribution in [0.15, 0.2) is 29.1 Å². The first-order chi connectivity index (χ1) is 11.6. The fourth-order valence-corrected chi connectivity index (χ4v) is 3.38. The number of piperazine rings is 1. The number of nitrogens with zero attached hydrogens (tertiary/aromatic N) is 2. The normalized spacial score (nSPS) is 15.7. The number of aromatic nitrogens is 2. The zero-order chi connectivity index (χ0) is 17.1. The molecule has 0 radical (unpaired) electrons. The summed E-state index contributed by atoms with van der Waals surface area (Å²) >= 11 is 6.22. The fraction of sp³-hybridized carbons (Fsp3) is 0.444. The Bertz CT molecular complexity index is 766. The summed E-state index contributed by atoms with van der Waals surface area (Å²) in [5.41, 5.74) is 2.34. The minimum absolute atomic E-state index is 0.0670. The second-order valence-corrected chi connectivity index (χ2v) is 6.72. The highest BCUT2D eigenvalue weighted by molar-refractivity contribution is 6.31. The maximum atomic E-state index is 12.6. The smallest absolute Gasteiger partial charge is 0.256 e. The molecule has 6 heteroatoms. The monoisotopic (exact) mass is 347 g/mol. The quantitative estimate of drug-likeness (QED) is 0.869. The second kappa shape index (κ2) is 7.36. The van der Waals surface area contributed by atoms with E-state index < -0.39 is 0 Å². The molecule has 0 amide bonds. The number of H-pyrrole nitrogens is 1. The molecular formula is C18H24ClN4O+. The zero-order valence-corrected chi connectivity index (χ0v) is 15.0. The van der Waals surface area contributed by atoms with Crippen LogP contribution in [0.25, 0.3) is 0 Å². The molecule has 3 rings (SSSR count). The Morgan fingerprint density at radius 3 is 2.62 bits per heavy atom. The van der Waals surface area contributed by atoms with Gasteiger partial charge in [-0.05, 0) is 25.5 Å². The van der Waals surface area contributed by atoms with Gasteiger partial charge in [-0.3, -0.25) is 9.78 Å². The number of halogens is 1. The number of aryl methyl sites for hydroxylation is 1. The van der Waals surface area contributed by atoms with Crippen molar-refractivity contribution in [1.29, 1.82) is 0 Å². The lowest BCUT2D eigenvalue weighted by Gasteiger charge is -2.32. The molecule has 1 aromatic heterocycles. The third-order valence-electron chi connectivity index (χ3n) is 4.80. The molecule has 1 saturated heterocycles. The Balaban J connectivity index is 1.82. The van der Waals surface area contributed by atoms with Crippen LogP contribution in [0, 0.1) is 6.92 Å². The second-order valence-electron chi connectivity index (χ2n) is 6.31. The van der Waals surface area contributed by atoms with Gasteiger partial charge >= 0.3 is 0 Å². The average molecular weight is 348 g/mol. The Labute approximate surface area is 147 Å². The van der Waals surface area contributed by atoms with E-state index in [0.29, 0.717) is 23.0 Å². The van der Waals surface area contributed by atoms with Gasteiger partial charge in [0.1, 0.15) is 0 Å². The van der Waals surface area contributed by atoms with Crippen LogP contribution in [0.3, 0.4) is 0 Å². The van der Waals surface area contributed by atoms with Crippen LogP contribution >= 0.6 is 11.6 Å². The van der Waals surface area contributed by atoms with Crippen molar-refractivity contribution >= 4 is 17.5 Å². The first-order valence-corrected chi connectivity index (χ1v) is 8.88. The van der Waals surface area contributed by atoms with Crippen molar-refractivity contribution < 1.29 is 4.90 Å². The number of aromatic amines is 1. The van der Waals surface area contributed by atoms with Gasteiger partial charge in [0.05, 0.1) is 38.4 Å². The third-order valence-corrected chi connectivity index (χ3v) is 5.17. The first kappa shape index (κ1) is 17.0. The van der Waals surface area contributed by atoms with Crippen molar-refractivity contribution in [3.8, 4) is 0 Å². The molecule has 128 valence electrons. The van der Waals surface area contributed by atoms with Crippen LogP contribution in [0.1, 0.15) is 23.7 Å². The number of hydrogen-bond acceptors (Lipinski definition) is 3. The van der Waals surface area contributed by atoms with Gasteiger partial charge in [-0.1, -0.05) is 29.8 Å². The molecule has 2 aromatic rings. The Morgan fingerprint density at radius 2 is 2.00 bits per heavy atom. The molecule has 0 atom stereocenters. The molecule has 0 bridgehead atoms. The summed E-state index contributed by atoms with van der Waals surface area (Å²) in [5, 5.41) is 0.680. The molecule has 1 aromatic carbocycles. The van der Waals surface area contributed by atoms with Crippen LogP contribution in [-0.2, 0) is 6.42 Å². The van der Waals surface area contributed by atoms with E-state index in [0.717, 1.165) is 44.0 Å². The van der Waals surface area contributed by atoms with E-state index >= 15 is 0 Å². The van der Waals surface area contributed by atoms with Crippen molar-refractivity contribution in [3.63, 3.8) is 0 Å². The van der Waals surface area contributed by atoms with Gasteiger partial charge in [-0.2, -0.15) is 0 Å². The summed E-state index contributed by atoms with van der Waals surface area (Å²) in [5.74, 6) is 0.690. The number of benzene rings is 1. The summed E-state index contributed by atoms with van der Waals surface area (Å²) in [7, 11) is 0. The fourth-order valence-electron chi connectivity index (χ4n) is 3.17. The third kappa shape index (κ3) is 3.62. The summed E-state index contributed by atoms with van der Waals surface area (Å²) < 4.78 is 0. The van der Waals surface area contributed by atoms with E-state index in [1.807, 2.05) is 31.2 Å². The Kier molecular flexibility index (Phi) is 5.21. The average Bonchev–Trinajstić information content (AvgIpc) is 2.59. The maximum absolute atomic E-state index is 12.6. The van der Waals surface area contributed by atoms with E-state index in [4.69, 9.17) is 11.6 Å². The highest BCUT2D eigenvalue weighted by Crippen LogP contribution is 2.19. The molecule has 5 nitrogen and oxygen atoms in total. The van der Waals surface area contributed by atoms with Gasteiger partial charge in [-0.15, -0.1) is 0 Å². The van der Waals surface area contributed by atoms with E-state index in [1.54, 1.807) is 4.90 Å². The Hall–Kier alpha value is -1.85. The van der Waals surface area contributed by atoms with E-state index in [9.17, 15) is 4.79 Å². The molecule has 24 heavy (non-hydrogen) atoms. The van der Waals surface area contributed by atoms with E-state index in [1.165, 1.54) is 0 Å². The van der Waals surface area contributed by atoms with E-state index in [-0.39, 0.29) is 5.56 Å². The lowest BCUT2D eigenvalue weighted by molar-refractivity contribution is -0.898. The van der Waals surface area contributed by atoms with Gasteiger partial charge in [-0.25, -0.2) is 4.98 Å². The molecule has 1 fully saturated rings. The van der Waals surface area contributed by atoms with Gasteiger partial charge in [0, 0.05) is 17.0 Å². The van der Waals surface area contributed by atoms with Crippen molar-refractivity contribution in [2.45, 2.75) is 20.3 Å².